The Morgan fingerprint density at radius 2 is 1.77 bits per heavy atom. The van der Waals surface area contributed by atoms with Crippen LogP contribution in [0.25, 0.3) is 0 Å². The molecule has 0 saturated carbocycles. The third-order valence-corrected chi connectivity index (χ3v) is 5.40. The van der Waals surface area contributed by atoms with Gasteiger partial charge in [0.2, 0.25) is 5.91 Å². The van der Waals surface area contributed by atoms with Gasteiger partial charge < -0.3 is 9.64 Å². The first-order valence-corrected chi connectivity index (χ1v) is 8.74. The highest BCUT2D eigenvalue weighted by atomic mass is 19.4. The summed E-state index contributed by atoms with van der Waals surface area (Å²) < 4.78 is 84.7. The maximum atomic E-state index is 13.2. The fourth-order valence-corrected chi connectivity index (χ4v) is 3.69. The predicted octanol–water partition coefficient (Wildman–Crippen LogP) is 3.22. The van der Waals surface area contributed by atoms with Crippen molar-refractivity contribution in [3.8, 4) is 0 Å². The van der Waals surface area contributed by atoms with Crippen LogP contribution in [0.4, 0.5) is 26.3 Å². The minimum Gasteiger partial charge on any atom is -0.376 e. The van der Waals surface area contributed by atoms with E-state index in [1.54, 1.807) is 11.8 Å². The number of morpholine rings is 1. The molecular formula is C16H24F6N2O2. The number of carbonyl (C=O) groups is 1. The Kier molecular flexibility index (Phi) is 6.16. The van der Waals surface area contributed by atoms with Crippen molar-refractivity contribution in [1.29, 1.82) is 0 Å². The van der Waals surface area contributed by atoms with Gasteiger partial charge in [0.15, 0.2) is 5.41 Å². The summed E-state index contributed by atoms with van der Waals surface area (Å²) >= 11 is 0. The first-order chi connectivity index (χ1) is 12.0. The number of rotatable bonds is 4. The average Bonchev–Trinajstić information content (AvgIpc) is 3.02. The number of hydrogen-bond donors (Lipinski definition) is 0. The number of alkyl halides is 6. The van der Waals surface area contributed by atoms with Gasteiger partial charge >= 0.3 is 12.4 Å². The maximum absolute atomic E-state index is 13.2. The highest BCUT2D eigenvalue weighted by Gasteiger charge is 2.73. The van der Waals surface area contributed by atoms with E-state index in [1.165, 1.54) is 0 Å². The molecule has 4 nitrogen and oxygen atoms in total. The van der Waals surface area contributed by atoms with Crippen LogP contribution >= 0.6 is 0 Å². The largest absolute Gasteiger partial charge is 0.404 e. The molecule has 2 aliphatic rings. The van der Waals surface area contributed by atoms with E-state index in [2.05, 4.69) is 0 Å². The van der Waals surface area contributed by atoms with Gasteiger partial charge in [-0.2, -0.15) is 26.3 Å². The molecule has 2 aliphatic heterocycles. The molecule has 0 aliphatic carbocycles. The lowest BCUT2D eigenvalue weighted by atomic mass is 9.85. The number of amides is 1. The Bertz CT molecular complexity index is 494. The quantitative estimate of drug-likeness (QED) is 0.691. The van der Waals surface area contributed by atoms with Crippen LogP contribution in [-0.2, 0) is 9.53 Å². The monoisotopic (exact) mass is 390 g/mol. The fraction of sp³-hybridized carbons (Fsp3) is 0.938. The Morgan fingerprint density at radius 1 is 1.15 bits per heavy atom. The molecule has 0 aromatic carbocycles. The number of carbonyl (C=O) groups excluding carboxylic acids is 1. The van der Waals surface area contributed by atoms with E-state index < -0.39 is 49.2 Å². The number of likely N-dealkylation sites (tertiary alicyclic amines) is 1. The third-order valence-electron chi connectivity index (χ3n) is 5.40. The molecule has 0 radical (unpaired) electrons. The summed E-state index contributed by atoms with van der Waals surface area (Å²) in [6.45, 7) is 2.97. The minimum absolute atomic E-state index is 0.0892. The second-order valence-corrected chi connectivity index (χ2v) is 6.91. The van der Waals surface area contributed by atoms with Gasteiger partial charge in [-0.25, -0.2) is 0 Å². The molecule has 2 atom stereocenters. The van der Waals surface area contributed by atoms with Crippen molar-refractivity contribution in [1.82, 2.24) is 9.80 Å². The molecular weight excluding hydrogens is 366 g/mol. The summed E-state index contributed by atoms with van der Waals surface area (Å²) in [4.78, 5) is 15.3. The van der Waals surface area contributed by atoms with Gasteiger partial charge in [0, 0.05) is 26.2 Å². The van der Waals surface area contributed by atoms with Crippen LogP contribution in [0.1, 0.15) is 33.1 Å². The van der Waals surface area contributed by atoms with Gasteiger partial charge in [0.05, 0.1) is 18.8 Å². The zero-order valence-electron chi connectivity index (χ0n) is 14.8. The van der Waals surface area contributed by atoms with E-state index in [0.29, 0.717) is 26.1 Å². The van der Waals surface area contributed by atoms with Gasteiger partial charge in [-0.15, -0.1) is 0 Å². The zero-order chi connectivity index (χ0) is 19.8. The Balaban J connectivity index is 2.16. The van der Waals surface area contributed by atoms with Gasteiger partial charge in [-0.1, -0.05) is 13.8 Å². The van der Waals surface area contributed by atoms with E-state index in [1.807, 2.05) is 6.92 Å². The van der Waals surface area contributed by atoms with Crippen LogP contribution in [0.2, 0.25) is 0 Å². The number of halogens is 6. The Hall–Kier alpha value is -1.03. The van der Waals surface area contributed by atoms with Crippen LogP contribution in [-0.4, -0.2) is 73.0 Å². The van der Waals surface area contributed by atoms with Crippen molar-refractivity contribution in [3.05, 3.63) is 0 Å². The van der Waals surface area contributed by atoms with E-state index in [-0.39, 0.29) is 6.10 Å². The smallest absolute Gasteiger partial charge is 0.376 e. The third kappa shape index (κ3) is 3.81. The first kappa shape index (κ1) is 21.3. The summed E-state index contributed by atoms with van der Waals surface area (Å²) in [5.74, 6) is -0.667. The van der Waals surface area contributed by atoms with Crippen molar-refractivity contribution >= 4 is 5.91 Å². The van der Waals surface area contributed by atoms with Crippen LogP contribution in [0.5, 0.6) is 0 Å². The van der Waals surface area contributed by atoms with E-state index in [0.717, 1.165) is 11.3 Å². The zero-order valence-corrected chi connectivity index (χ0v) is 14.8. The van der Waals surface area contributed by atoms with Gasteiger partial charge in [0.1, 0.15) is 0 Å². The fourth-order valence-electron chi connectivity index (χ4n) is 3.69. The second kappa shape index (κ2) is 7.53. The van der Waals surface area contributed by atoms with Crippen molar-refractivity contribution < 1.29 is 35.9 Å². The highest BCUT2D eigenvalue weighted by molar-refractivity contribution is 5.82. The lowest BCUT2D eigenvalue weighted by Crippen LogP contribution is -2.56. The Morgan fingerprint density at radius 3 is 2.23 bits per heavy atom. The topological polar surface area (TPSA) is 32.8 Å². The minimum atomic E-state index is -5.45. The van der Waals surface area contributed by atoms with Crippen LogP contribution < -0.4 is 0 Å². The summed E-state index contributed by atoms with van der Waals surface area (Å²) in [6, 6.07) is -0.731. The molecule has 1 amide bonds. The van der Waals surface area contributed by atoms with E-state index in [9.17, 15) is 31.1 Å². The van der Waals surface area contributed by atoms with Crippen molar-refractivity contribution in [2.24, 2.45) is 5.41 Å². The number of ether oxygens (including phenoxy) is 1. The van der Waals surface area contributed by atoms with Crippen LogP contribution in [0.3, 0.4) is 0 Å². The molecule has 0 spiro atoms. The first-order valence-electron chi connectivity index (χ1n) is 8.74. The predicted molar refractivity (Wildman–Crippen MR) is 81.4 cm³/mol. The normalized spacial score (nSPS) is 26.2. The molecule has 0 bridgehead atoms. The lowest BCUT2D eigenvalue weighted by molar-refractivity contribution is -0.334. The van der Waals surface area contributed by atoms with Gasteiger partial charge in [-0.05, 0) is 19.3 Å². The Labute approximate surface area is 148 Å². The number of nitrogens with zero attached hydrogens (tertiary/aromatic N) is 2. The molecule has 2 rings (SSSR count). The summed E-state index contributed by atoms with van der Waals surface area (Å²) in [7, 11) is 0. The van der Waals surface area contributed by atoms with E-state index in [4.69, 9.17) is 4.74 Å². The maximum Gasteiger partial charge on any atom is 0.404 e. The standard InChI is InChI=1S/C16H24F6N2O2/c1-3-11-9-23(7-8-26-11)12(4-2)13(25)24-6-5-14(10-24,15(17,18)19)16(20,21)22/h11-12H,3-10H2,1-2H3. The van der Waals surface area contributed by atoms with Gasteiger partial charge in [-0.3, -0.25) is 9.69 Å². The van der Waals surface area contributed by atoms with Crippen molar-refractivity contribution in [2.45, 2.75) is 57.6 Å². The molecule has 2 fully saturated rings. The average molecular weight is 390 g/mol. The van der Waals surface area contributed by atoms with E-state index >= 15 is 0 Å². The van der Waals surface area contributed by atoms with Crippen LogP contribution in [0.15, 0.2) is 0 Å². The summed E-state index contributed by atoms with van der Waals surface area (Å²) in [5.41, 5.74) is -3.84. The lowest BCUT2D eigenvalue weighted by Gasteiger charge is -2.39. The molecule has 2 heterocycles. The van der Waals surface area contributed by atoms with Crippen molar-refractivity contribution in [2.75, 3.05) is 32.8 Å². The molecule has 0 aromatic rings. The summed E-state index contributed by atoms with van der Waals surface area (Å²) in [6.07, 6.45) is -11.1. The molecule has 2 unspecified atom stereocenters. The van der Waals surface area contributed by atoms with Crippen molar-refractivity contribution in [3.63, 3.8) is 0 Å². The molecule has 26 heavy (non-hydrogen) atoms. The highest BCUT2D eigenvalue weighted by Crippen LogP contribution is 2.55. The molecule has 10 heteroatoms. The molecule has 0 N–H and O–H groups in total. The van der Waals surface area contributed by atoms with Crippen LogP contribution in [0, 0.1) is 5.41 Å². The van der Waals surface area contributed by atoms with Gasteiger partial charge in [0.25, 0.3) is 0 Å². The SMILES string of the molecule is CCC1CN(C(CC)C(=O)N2CCC(C(F)(F)F)(C(F)(F)F)C2)CCO1. The summed E-state index contributed by atoms with van der Waals surface area (Å²) in [5, 5.41) is 0. The molecule has 152 valence electrons. The molecule has 0 aromatic heterocycles. The number of hydrogen-bond acceptors (Lipinski definition) is 3. The molecule has 2 saturated heterocycles. The second-order valence-electron chi connectivity index (χ2n) is 6.91.